The van der Waals surface area contributed by atoms with E-state index in [1.807, 2.05) is 35.2 Å². The first-order valence-electron chi connectivity index (χ1n) is 9.92. The van der Waals surface area contributed by atoms with Crippen LogP contribution in [0.3, 0.4) is 0 Å². The van der Waals surface area contributed by atoms with Crippen molar-refractivity contribution < 1.29 is 9.18 Å². The second kappa shape index (κ2) is 10.7. The van der Waals surface area contributed by atoms with E-state index < -0.39 is 17.8 Å². The molecule has 1 aliphatic rings. The highest BCUT2D eigenvalue weighted by Crippen LogP contribution is 2.29. The number of nitrogens with zero attached hydrogens (tertiary/aromatic N) is 2. The lowest BCUT2D eigenvalue weighted by molar-refractivity contribution is -0.115. The predicted molar refractivity (Wildman–Crippen MR) is 123 cm³/mol. The Morgan fingerprint density at radius 1 is 1.26 bits per heavy atom. The van der Waals surface area contributed by atoms with E-state index in [1.54, 1.807) is 0 Å². The van der Waals surface area contributed by atoms with E-state index in [-0.39, 0.29) is 23.7 Å². The number of nitrogens with one attached hydrogen (secondary N) is 2. The second-order valence-electron chi connectivity index (χ2n) is 7.29. The first kappa shape index (κ1) is 23.2. The van der Waals surface area contributed by atoms with Gasteiger partial charge < -0.3 is 11.1 Å². The molecule has 0 spiro atoms. The summed E-state index contributed by atoms with van der Waals surface area (Å²) in [6.07, 6.45) is 0.757. The molecule has 0 radical (unpaired) electrons. The van der Waals surface area contributed by atoms with Gasteiger partial charge in [-0.15, -0.1) is 0 Å². The van der Waals surface area contributed by atoms with Gasteiger partial charge in [0.05, 0.1) is 23.3 Å². The fourth-order valence-corrected chi connectivity index (χ4v) is 3.94. The van der Waals surface area contributed by atoms with Gasteiger partial charge >= 0.3 is 0 Å². The van der Waals surface area contributed by atoms with Gasteiger partial charge in [-0.05, 0) is 24.1 Å². The zero-order chi connectivity index (χ0) is 22.4. The number of rotatable bonds is 8. The standard InChI is InChI=1S/C22H24Cl2FN5O/c23-16-6-7-17(25)20(24)15(16)13-30-11-10-28-21(27)19(30)12-18(26)22(31)29-9-8-14-4-2-1-3-5-14/h1-7,19,26H,8-13H2,(H2,27,28)(H,29,31). The molecule has 0 saturated carbocycles. The minimum atomic E-state index is -0.554. The molecule has 0 bridgehead atoms. The highest BCUT2D eigenvalue weighted by molar-refractivity contribution is 6.38. The van der Waals surface area contributed by atoms with E-state index in [4.69, 9.17) is 34.3 Å². The average Bonchev–Trinajstić information content (AvgIpc) is 2.76. The largest absolute Gasteiger partial charge is 0.386 e. The number of amides is 1. The van der Waals surface area contributed by atoms with Crippen LogP contribution >= 0.6 is 23.2 Å². The third-order valence-electron chi connectivity index (χ3n) is 5.18. The van der Waals surface area contributed by atoms with Crippen molar-refractivity contribution in [3.63, 3.8) is 0 Å². The molecule has 1 heterocycles. The van der Waals surface area contributed by atoms with Crippen LogP contribution in [0.15, 0.2) is 47.5 Å². The molecule has 4 N–H and O–H groups in total. The molecule has 164 valence electrons. The smallest absolute Gasteiger partial charge is 0.265 e. The fourth-order valence-electron chi connectivity index (χ4n) is 3.45. The van der Waals surface area contributed by atoms with Crippen molar-refractivity contribution in [3.05, 3.63) is 69.5 Å². The number of aliphatic imine (C=N–C) groups is 1. The highest BCUT2D eigenvalue weighted by Gasteiger charge is 2.29. The highest BCUT2D eigenvalue weighted by atomic mass is 35.5. The van der Waals surface area contributed by atoms with Crippen LogP contribution in [0.1, 0.15) is 17.5 Å². The first-order chi connectivity index (χ1) is 14.9. The van der Waals surface area contributed by atoms with Gasteiger partial charge in [0.1, 0.15) is 11.7 Å². The molecule has 6 nitrogen and oxygen atoms in total. The molecule has 0 fully saturated rings. The average molecular weight is 464 g/mol. The molecule has 2 aromatic carbocycles. The van der Waals surface area contributed by atoms with Crippen LogP contribution in [0.4, 0.5) is 4.39 Å². The van der Waals surface area contributed by atoms with Crippen molar-refractivity contribution in [1.29, 1.82) is 5.41 Å². The molecule has 0 aliphatic carbocycles. The zero-order valence-corrected chi connectivity index (χ0v) is 18.4. The summed E-state index contributed by atoms with van der Waals surface area (Å²) in [6.45, 7) is 1.65. The summed E-state index contributed by atoms with van der Waals surface area (Å²) in [6, 6.07) is 12.0. The van der Waals surface area contributed by atoms with Gasteiger partial charge in [0.15, 0.2) is 0 Å². The van der Waals surface area contributed by atoms with E-state index in [0.29, 0.717) is 42.5 Å². The topological polar surface area (TPSA) is 94.6 Å². The Kier molecular flexibility index (Phi) is 8.01. The van der Waals surface area contributed by atoms with E-state index in [9.17, 15) is 9.18 Å². The third kappa shape index (κ3) is 6.03. The Morgan fingerprint density at radius 2 is 2.00 bits per heavy atom. The summed E-state index contributed by atoms with van der Waals surface area (Å²) >= 11 is 12.3. The van der Waals surface area contributed by atoms with Crippen LogP contribution in [0.25, 0.3) is 0 Å². The van der Waals surface area contributed by atoms with Crippen LogP contribution in [0.5, 0.6) is 0 Å². The molecule has 1 unspecified atom stereocenters. The van der Waals surface area contributed by atoms with Gasteiger partial charge in [-0.1, -0.05) is 53.5 Å². The molecule has 3 rings (SSSR count). The summed E-state index contributed by atoms with van der Waals surface area (Å²) < 4.78 is 13.9. The quantitative estimate of drug-likeness (QED) is 0.413. The predicted octanol–water partition coefficient (Wildman–Crippen LogP) is 3.44. The lowest BCUT2D eigenvalue weighted by Crippen LogP contribution is -2.51. The van der Waals surface area contributed by atoms with Crippen LogP contribution < -0.4 is 11.1 Å². The Labute approximate surface area is 190 Å². The van der Waals surface area contributed by atoms with Gasteiger partial charge in [0.2, 0.25) is 0 Å². The first-order valence-corrected chi connectivity index (χ1v) is 10.7. The maximum absolute atomic E-state index is 13.9. The van der Waals surface area contributed by atoms with Gasteiger partial charge in [0, 0.05) is 36.6 Å². The lowest BCUT2D eigenvalue weighted by atomic mass is 10.0. The van der Waals surface area contributed by atoms with Crippen molar-refractivity contribution in [2.45, 2.75) is 25.4 Å². The van der Waals surface area contributed by atoms with E-state index in [2.05, 4.69) is 10.3 Å². The summed E-state index contributed by atoms with van der Waals surface area (Å²) in [5, 5.41) is 11.3. The van der Waals surface area contributed by atoms with Gasteiger partial charge in [-0.25, -0.2) is 4.39 Å². The fraction of sp³-hybridized carbons (Fsp3) is 0.318. The van der Waals surface area contributed by atoms with Crippen molar-refractivity contribution in [1.82, 2.24) is 10.2 Å². The number of carbonyl (C=O) groups is 1. The molecule has 31 heavy (non-hydrogen) atoms. The monoisotopic (exact) mass is 463 g/mol. The normalized spacial score (nSPS) is 16.6. The van der Waals surface area contributed by atoms with E-state index >= 15 is 0 Å². The summed E-state index contributed by atoms with van der Waals surface area (Å²) in [5.41, 5.74) is 7.55. The Balaban J connectivity index is 1.62. The molecule has 2 aromatic rings. The van der Waals surface area contributed by atoms with Crippen LogP contribution in [0, 0.1) is 11.2 Å². The minimum Gasteiger partial charge on any atom is -0.386 e. The summed E-state index contributed by atoms with van der Waals surface area (Å²) in [7, 11) is 0. The van der Waals surface area contributed by atoms with Crippen molar-refractivity contribution in [2.24, 2.45) is 10.7 Å². The van der Waals surface area contributed by atoms with Crippen LogP contribution in [-0.4, -0.2) is 48.0 Å². The molecule has 0 saturated heterocycles. The Morgan fingerprint density at radius 3 is 2.74 bits per heavy atom. The minimum absolute atomic E-state index is 0.0407. The number of hydrogen-bond acceptors (Lipinski definition) is 5. The summed E-state index contributed by atoms with van der Waals surface area (Å²) in [4.78, 5) is 18.6. The number of amidine groups is 1. The number of hydrogen-bond donors (Lipinski definition) is 3. The van der Waals surface area contributed by atoms with Crippen molar-refractivity contribution in [2.75, 3.05) is 19.6 Å². The van der Waals surface area contributed by atoms with E-state index in [0.717, 1.165) is 5.56 Å². The van der Waals surface area contributed by atoms with Gasteiger partial charge in [0.25, 0.3) is 5.91 Å². The number of halogens is 3. The van der Waals surface area contributed by atoms with Gasteiger partial charge in [-0.3, -0.25) is 20.1 Å². The third-order valence-corrected chi connectivity index (χ3v) is 5.94. The second-order valence-corrected chi connectivity index (χ2v) is 8.07. The zero-order valence-electron chi connectivity index (χ0n) is 16.9. The number of benzene rings is 2. The number of nitrogens with two attached hydrogens (primary N) is 1. The maximum atomic E-state index is 13.9. The molecule has 1 amide bonds. The molecule has 1 atom stereocenters. The van der Waals surface area contributed by atoms with Crippen molar-refractivity contribution >= 4 is 40.7 Å². The molecular weight excluding hydrogens is 440 g/mol. The Hall–Kier alpha value is -2.48. The molecule has 1 aliphatic heterocycles. The van der Waals surface area contributed by atoms with Gasteiger partial charge in [-0.2, -0.15) is 0 Å². The SMILES string of the molecule is N=C(CC1C(N)=NCCN1Cc1c(Cl)ccc(F)c1Cl)C(=O)NCCc1ccccc1. The van der Waals surface area contributed by atoms with E-state index in [1.165, 1.54) is 12.1 Å². The Bertz CT molecular complexity index is 983. The lowest BCUT2D eigenvalue weighted by Gasteiger charge is -2.34. The number of carbonyl (C=O) groups excluding carboxylic acids is 1. The van der Waals surface area contributed by atoms with Crippen molar-refractivity contribution in [3.8, 4) is 0 Å². The molecule has 0 aromatic heterocycles. The van der Waals surface area contributed by atoms with Crippen LogP contribution in [0.2, 0.25) is 10.0 Å². The maximum Gasteiger partial charge on any atom is 0.265 e. The molecule has 9 heteroatoms. The summed E-state index contributed by atoms with van der Waals surface area (Å²) in [5.74, 6) is -0.672. The molecular formula is C22H24Cl2FN5O. The van der Waals surface area contributed by atoms with Crippen LogP contribution in [-0.2, 0) is 17.8 Å².